The number of nitrogens with zero attached hydrogens (tertiary/aromatic N) is 4. The van der Waals surface area contributed by atoms with E-state index in [1.54, 1.807) is 17.8 Å². The third-order valence-electron chi connectivity index (χ3n) is 8.06. The highest BCUT2D eigenvalue weighted by atomic mass is 28.4. The zero-order valence-corrected chi connectivity index (χ0v) is 28.9. The molecule has 0 spiro atoms. The van der Waals surface area contributed by atoms with Crippen molar-refractivity contribution in [2.24, 2.45) is 7.05 Å². The van der Waals surface area contributed by atoms with Crippen molar-refractivity contribution in [1.29, 1.82) is 0 Å². The highest BCUT2D eigenvalue weighted by Gasteiger charge is 2.41. The van der Waals surface area contributed by atoms with Crippen molar-refractivity contribution in [2.45, 2.75) is 97.6 Å². The second-order valence-electron chi connectivity index (χ2n) is 14.6. The lowest BCUT2D eigenvalue weighted by molar-refractivity contribution is 0.0705. The Labute approximate surface area is 261 Å². The van der Waals surface area contributed by atoms with Crippen LogP contribution in [0.2, 0.25) is 18.1 Å². The molecule has 2 N–H and O–H groups in total. The molecule has 11 heteroatoms. The minimum absolute atomic E-state index is 0.0619. The normalized spacial score (nSPS) is 12.9. The van der Waals surface area contributed by atoms with Crippen molar-refractivity contribution in [3.8, 4) is 11.5 Å². The lowest BCUT2D eigenvalue weighted by Crippen LogP contribution is -2.49. The van der Waals surface area contributed by atoms with E-state index in [0.717, 1.165) is 16.6 Å². The van der Waals surface area contributed by atoms with Crippen LogP contribution in [0.15, 0.2) is 48.7 Å². The van der Waals surface area contributed by atoms with Crippen molar-refractivity contribution in [1.82, 2.24) is 24.9 Å². The zero-order chi connectivity index (χ0) is 32.7. The van der Waals surface area contributed by atoms with Crippen LogP contribution >= 0.6 is 0 Å². The number of carbonyl (C=O) groups is 1. The molecule has 0 fully saturated rings. The number of fused-ring (bicyclic) bond motifs is 1. The molecule has 0 aliphatic rings. The molecule has 0 unspecified atom stereocenters. The minimum Gasteiger partial charge on any atom is -0.457 e. The van der Waals surface area contributed by atoms with E-state index in [0.29, 0.717) is 29.4 Å². The average molecular weight is 623 g/mol. The fourth-order valence-electron chi connectivity index (χ4n) is 4.69. The number of benzene rings is 2. The summed E-state index contributed by atoms with van der Waals surface area (Å²) in [5.41, 5.74) is 1.78. The van der Waals surface area contributed by atoms with Crippen LogP contribution < -0.4 is 15.4 Å². The maximum atomic E-state index is 14.2. The average Bonchev–Trinajstić information content (AvgIpc) is 3.45. The van der Waals surface area contributed by atoms with Crippen molar-refractivity contribution < 1.29 is 18.3 Å². The Balaban J connectivity index is 1.45. The molecule has 4 aromatic rings. The maximum Gasteiger partial charge on any atom is 0.320 e. The number of hydrogen-bond donors (Lipinski definition) is 2. The first-order valence-corrected chi connectivity index (χ1v) is 17.9. The summed E-state index contributed by atoms with van der Waals surface area (Å²) in [5.74, 6) is 1.16. The van der Waals surface area contributed by atoms with Crippen molar-refractivity contribution in [3.63, 3.8) is 0 Å². The van der Waals surface area contributed by atoms with E-state index in [1.165, 1.54) is 12.1 Å². The number of hydrogen-bond acceptors (Lipinski definition) is 5. The molecule has 2 amide bonds. The zero-order valence-electron chi connectivity index (χ0n) is 27.9. The van der Waals surface area contributed by atoms with Crippen LogP contribution in [0, 0.1) is 5.82 Å². The Bertz CT molecular complexity index is 1650. The van der Waals surface area contributed by atoms with E-state index >= 15 is 0 Å². The van der Waals surface area contributed by atoms with Gasteiger partial charge in [-0.3, -0.25) is 14.7 Å². The van der Waals surface area contributed by atoms with Crippen LogP contribution in [0.3, 0.4) is 0 Å². The minimum atomic E-state index is -1.97. The van der Waals surface area contributed by atoms with E-state index < -0.39 is 25.8 Å². The van der Waals surface area contributed by atoms with E-state index in [4.69, 9.17) is 9.16 Å². The van der Waals surface area contributed by atoms with Gasteiger partial charge in [0.1, 0.15) is 23.1 Å². The summed E-state index contributed by atoms with van der Waals surface area (Å²) in [7, 11) is -0.196. The molecular formula is C33H47FN6O3Si. The third-order valence-corrected chi connectivity index (χ3v) is 12.7. The van der Waals surface area contributed by atoms with Crippen molar-refractivity contribution in [3.05, 3.63) is 65.7 Å². The largest absolute Gasteiger partial charge is 0.457 e. The van der Waals surface area contributed by atoms with Gasteiger partial charge in [0.25, 0.3) is 0 Å². The highest BCUT2D eigenvalue weighted by Crippen LogP contribution is 2.39. The first-order valence-electron chi connectivity index (χ1n) is 15.0. The van der Waals surface area contributed by atoms with Crippen molar-refractivity contribution >= 4 is 31.1 Å². The summed E-state index contributed by atoms with van der Waals surface area (Å²) in [5, 5.41) is 15.8. The molecule has 2 heterocycles. The molecule has 2 aromatic carbocycles. The molecular weight excluding hydrogens is 575 g/mol. The summed E-state index contributed by atoms with van der Waals surface area (Å²) in [6, 6.07) is 11.4. The fourth-order valence-corrected chi connectivity index (χ4v) is 6.44. The van der Waals surface area contributed by atoms with Crippen LogP contribution in [-0.4, -0.2) is 39.5 Å². The summed E-state index contributed by atoms with van der Waals surface area (Å²) < 4.78 is 30.7. The predicted molar refractivity (Wildman–Crippen MR) is 176 cm³/mol. The Morgan fingerprint density at radius 1 is 1.00 bits per heavy atom. The second kappa shape index (κ2) is 12.0. The summed E-state index contributed by atoms with van der Waals surface area (Å²) in [6.07, 6.45) is 1.81. The number of rotatable bonds is 9. The van der Waals surface area contributed by atoms with Gasteiger partial charge in [-0.05, 0) is 68.4 Å². The molecule has 0 saturated heterocycles. The summed E-state index contributed by atoms with van der Waals surface area (Å²) in [6.45, 7) is 22.3. The topological polar surface area (TPSA) is 95.2 Å². The molecule has 0 radical (unpaired) electrons. The Morgan fingerprint density at radius 3 is 2.34 bits per heavy atom. The first kappa shape index (κ1) is 33.2. The maximum absolute atomic E-state index is 14.2. The van der Waals surface area contributed by atoms with Gasteiger partial charge in [0, 0.05) is 36.0 Å². The summed E-state index contributed by atoms with van der Waals surface area (Å²) in [4.78, 5) is 12.7. The first-order chi connectivity index (χ1) is 20.2. The highest BCUT2D eigenvalue weighted by molar-refractivity contribution is 6.74. The number of ether oxygens (including phenoxy) is 1. The van der Waals surface area contributed by atoms with Gasteiger partial charge in [-0.1, -0.05) is 41.5 Å². The van der Waals surface area contributed by atoms with E-state index in [2.05, 4.69) is 89.3 Å². The second-order valence-corrected chi connectivity index (χ2v) is 19.3. The van der Waals surface area contributed by atoms with Gasteiger partial charge < -0.3 is 14.5 Å². The van der Waals surface area contributed by atoms with Crippen LogP contribution in [-0.2, 0) is 30.0 Å². The van der Waals surface area contributed by atoms with Crippen LogP contribution in [0.5, 0.6) is 11.5 Å². The van der Waals surface area contributed by atoms with E-state index in [-0.39, 0.29) is 17.0 Å². The standard InChI is InChI=1S/C33H47FN6O3Si/c1-31(2,3)28-18-29(39(9)38-28)37-30(41)35-19-23-16-24(34)12-15-27(23)42-25-13-14-26-22(17-25)20-36-40(26)21-33(7,8)43-44(10,11)32(4,5)6/h12-18,20H,19,21H2,1-11H3,(H2,35,37,41). The van der Waals surface area contributed by atoms with Gasteiger partial charge in [-0.2, -0.15) is 10.2 Å². The van der Waals surface area contributed by atoms with Gasteiger partial charge >= 0.3 is 6.03 Å². The number of halogens is 1. The Morgan fingerprint density at radius 2 is 1.70 bits per heavy atom. The quantitative estimate of drug-likeness (QED) is 0.184. The fraction of sp³-hybridized carbons (Fsp3) is 0.485. The number of amides is 2. The predicted octanol–water partition coefficient (Wildman–Crippen LogP) is 8.12. The smallest absolute Gasteiger partial charge is 0.320 e. The van der Waals surface area contributed by atoms with Crippen LogP contribution in [0.1, 0.15) is 66.6 Å². The van der Waals surface area contributed by atoms with Gasteiger partial charge in [0.2, 0.25) is 0 Å². The molecule has 0 saturated carbocycles. The molecule has 238 valence electrons. The SMILES string of the molecule is Cn1nc(C(C)(C)C)cc1NC(=O)NCc1cc(F)ccc1Oc1ccc2c(cnn2CC(C)(C)O[Si](C)(C)C(C)(C)C)c1. The third kappa shape index (κ3) is 7.87. The van der Waals surface area contributed by atoms with Gasteiger partial charge in [0.15, 0.2) is 8.32 Å². The van der Waals surface area contributed by atoms with E-state index in [1.807, 2.05) is 35.1 Å². The molecule has 9 nitrogen and oxygen atoms in total. The Kier molecular flexibility index (Phi) is 9.05. The monoisotopic (exact) mass is 622 g/mol. The summed E-state index contributed by atoms with van der Waals surface area (Å²) >= 11 is 0. The van der Waals surface area contributed by atoms with Gasteiger partial charge in [-0.15, -0.1) is 0 Å². The molecule has 0 atom stereocenters. The van der Waals surface area contributed by atoms with Gasteiger partial charge in [-0.25, -0.2) is 9.18 Å². The number of aryl methyl sites for hydroxylation is 1. The number of urea groups is 1. The molecule has 2 aromatic heterocycles. The number of aromatic nitrogens is 4. The lowest BCUT2D eigenvalue weighted by atomic mass is 9.92. The Hall–Kier alpha value is -3.70. The molecule has 44 heavy (non-hydrogen) atoms. The van der Waals surface area contributed by atoms with Crippen molar-refractivity contribution in [2.75, 3.05) is 5.32 Å². The van der Waals surface area contributed by atoms with Gasteiger partial charge in [0.05, 0.1) is 29.6 Å². The van der Waals surface area contributed by atoms with E-state index in [9.17, 15) is 9.18 Å². The van der Waals surface area contributed by atoms with Crippen LogP contribution in [0.4, 0.5) is 15.0 Å². The number of nitrogens with one attached hydrogen (secondary N) is 2. The molecule has 4 rings (SSSR count). The number of carbonyl (C=O) groups excluding carboxylic acids is 1. The molecule has 0 aliphatic heterocycles. The number of anilines is 1. The lowest BCUT2D eigenvalue weighted by Gasteiger charge is -2.42. The molecule has 0 bridgehead atoms. The van der Waals surface area contributed by atoms with Crippen LogP contribution in [0.25, 0.3) is 10.9 Å². The molecule has 0 aliphatic carbocycles.